The van der Waals surface area contributed by atoms with Crippen LogP contribution < -0.4 is 0 Å². The molecule has 0 saturated carbocycles. The Hall–Kier alpha value is -2.21. The average molecular weight is 260 g/mol. The van der Waals surface area contributed by atoms with Crippen LogP contribution in [0.15, 0.2) is 24.4 Å². The highest BCUT2D eigenvalue weighted by molar-refractivity contribution is 6.10. The van der Waals surface area contributed by atoms with Gasteiger partial charge in [0, 0.05) is 41.4 Å². The van der Waals surface area contributed by atoms with Gasteiger partial charge in [0.1, 0.15) is 6.10 Å². The predicted octanol–water partition coefficient (Wildman–Crippen LogP) is 2.44. The number of non-ortho nitro benzene ring substituents is 1. The first kappa shape index (κ1) is 11.9. The number of aromatic amines is 1. The lowest BCUT2D eigenvalue weighted by atomic mass is 10.0. The van der Waals surface area contributed by atoms with E-state index in [0.717, 1.165) is 6.42 Å². The van der Waals surface area contributed by atoms with Crippen LogP contribution in [-0.2, 0) is 4.74 Å². The fourth-order valence-corrected chi connectivity index (χ4v) is 2.38. The number of carbonyl (C=O) groups excluding carboxylic acids is 1. The third kappa shape index (κ3) is 2.00. The van der Waals surface area contributed by atoms with E-state index in [9.17, 15) is 14.9 Å². The normalized spacial score (nSPS) is 18.8. The van der Waals surface area contributed by atoms with Crippen LogP contribution in [0, 0.1) is 10.1 Å². The number of ether oxygens (including phenoxy) is 1. The Morgan fingerprint density at radius 3 is 3.00 bits per heavy atom. The van der Waals surface area contributed by atoms with Crippen LogP contribution in [0.5, 0.6) is 0 Å². The number of H-pyrrole nitrogens is 1. The summed E-state index contributed by atoms with van der Waals surface area (Å²) in [5.74, 6) is -0.107. The Bertz CT molecular complexity index is 656. The molecule has 1 atom stereocenters. The minimum absolute atomic E-state index is 0.0199. The summed E-state index contributed by atoms with van der Waals surface area (Å²) >= 11 is 0. The van der Waals surface area contributed by atoms with E-state index in [1.54, 1.807) is 12.3 Å². The number of hydrogen-bond acceptors (Lipinski definition) is 4. The van der Waals surface area contributed by atoms with Crippen molar-refractivity contribution >= 4 is 22.4 Å². The molecule has 1 aliphatic rings. The third-order valence-electron chi connectivity index (χ3n) is 3.36. The van der Waals surface area contributed by atoms with Crippen molar-refractivity contribution in [3.05, 3.63) is 40.1 Å². The molecule has 1 saturated heterocycles. The van der Waals surface area contributed by atoms with Crippen molar-refractivity contribution in [2.24, 2.45) is 0 Å². The van der Waals surface area contributed by atoms with Crippen LogP contribution in [0.25, 0.3) is 10.9 Å². The molecule has 0 spiro atoms. The van der Waals surface area contributed by atoms with Gasteiger partial charge in [-0.05, 0) is 18.9 Å². The van der Waals surface area contributed by atoms with Crippen LogP contribution in [0.1, 0.15) is 23.2 Å². The Labute approximate surface area is 108 Å². The molecule has 0 amide bonds. The molecule has 2 heterocycles. The molecule has 1 aromatic carbocycles. The molecule has 6 nitrogen and oxygen atoms in total. The second kappa shape index (κ2) is 4.47. The third-order valence-corrected chi connectivity index (χ3v) is 3.36. The number of carbonyl (C=O) groups is 1. The van der Waals surface area contributed by atoms with Gasteiger partial charge in [0.25, 0.3) is 5.69 Å². The molecule has 1 aliphatic heterocycles. The Morgan fingerprint density at radius 2 is 2.32 bits per heavy atom. The number of hydrogen-bond donors (Lipinski definition) is 1. The van der Waals surface area contributed by atoms with Crippen LogP contribution in [-0.4, -0.2) is 28.4 Å². The van der Waals surface area contributed by atoms with E-state index in [1.165, 1.54) is 12.1 Å². The number of nitrogens with zero attached hydrogens (tertiary/aromatic N) is 1. The number of fused-ring (bicyclic) bond motifs is 1. The highest BCUT2D eigenvalue weighted by atomic mass is 16.6. The fourth-order valence-electron chi connectivity index (χ4n) is 2.38. The number of nitro groups is 1. The maximum absolute atomic E-state index is 12.3. The molecule has 2 aromatic rings. The quantitative estimate of drug-likeness (QED) is 0.521. The van der Waals surface area contributed by atoms with Crippen molar-refractivity contribution in [1.82, 2.24) is 4.98 Å². The van der Waals surface area contributed by atoms with Gasteiger partial charge in [0.15, 0.2) is 5.78 Å². The summed E-state index contributed by atoms with van der Waals surface area (Å²) in [4.78, 5) is 25.6. The summed E-state index contributed by atoms with van der Waals surface area (Å²) in [5.41, 5.74) is 1.16. The first-order valence-electron chi connectivity index (χ1n) is 6.08. The molecule has 1 unspecified atom stereocenters. The van der Waals surface area contributed by atoms with Crippen molar-refractivity contribution < 1.29 is 14.5 Å². The molecule has 1 aromatic heterocycles. The minimum Gasteiger partial charge on any atom is -0.370 e. The number of nitro benzene ring substituents is 1. The molecule has 0 aliphatic carbocycles. The van der Waals surface area contributed by atoms with Crippen molar-refractivity contribution in [3.63, 3.8) is 0 Å². The fraction of sp³-hybridized carbons (Fsp3) is 0.308. The van der Waals surface area contributed by atoms with Gasteiger partial charge in [-0.25, -0.2) is 0 Å². The molecule has 0 bridgehead atoms. The van der Waals surface area contributed by atoms with E-state index < -0.39 is 11.0 Å². The smallest absolute Gasteiger partial charge is 0.270 e. The largest absolute Gasteiger partial charge is 0.370 e. The molecular formula is C13H12N2O4. The SMILES string of the molecule is O=C(c1c[nH]c2ccc([N+](=O)[O-])cc12)C1CCCO1. The van der Waals surface area contributed by atoms with E-state index in [4.69, 9.17) is 4.74 Å². The standard InChI is InChI=1S/C13H12N2O4/c16-13(12-2-1-5-19-12)10-7-14-11-4-3-8(15(17)18)6-9(10)11/h3-4,6-7,12,14H,1-2,5H2. The number of rotatable bonds is 3. The molecule has 0 radical (unpaired) electrons. The number of Topliss-reactive ketones (excluding diaryl/α,β-unsaturated/α-hetero) is 1. The highest BCUT2D eigenvalue weighted by Gasteiger charge is 2.27. The number of benzene rings is 1. The Balaban J connectivity index is 2.05. The summed E-state index contributed by atoms with van der Waals surface area (Å²) in [6, 6.07) is 4.45. The van der Waals surface area contributed by atoms with E-state index >= 15 is 0 Å². The monoisotopic (exact) mass is 260 g/mol. The lowest BCUT2D eigenvalue weighted by Gasteiger charge is -2.06. The van der Waals surface area contributed by atoms with Gasteiger partial charge in [-0.15, -0.1) is 0 Å². The van der Waals surface area contributed by atoms with Gasteiger partial charge in [-0.3, -0.25) is 14.9 Å². The topological polar surface area (TPSA) is 85.2 Å². The summed E-state index contributed by atoms with van der Waals surface area (Å²) in [7, 11) is 0. The van der Waals surface area contributed by atoms with Crippen LogP contribution >= 0.6 is 0 Å². The highest BCUT2D eigenvalue weighted by Crippen LogP contribution is 2.26. The van der Waals surface area contributed by atoms with Crippen molar-refractivity contribution in [2.45, 2.75) is 18.9 Å². The van der Waals surface area contributed by atoms with E-state index in [-0.39, 0.29) is 11.5 Å². The van der Waals surface area contributed by atoms with Gasteiger partial charge in [0.05, 0.1) is 4.92 Å². The first-order valence-corrected chi connectivity index (χ1v) is 6.08. The van der Waals surface area contributed by atoms with E-state index in [0.29, 0.717) is 29.5 Å². The van der Waals surface area contributed by atoms with Gasteiger partial charge < -0.3 is 9.72 Å². The van der Waals surface area contributed by atoms with E-state index in [2.05, 4.69) is 4.98 Å². The summed E-state index contributed by atoms with van der Waals surface area (Å²) in [6.07, 6.45) is 2.76. The van der Waals surface area contributed by atoms with E-state index in [1.807, 2.05) is 0 Å². The lowest BCUT2D eigenvalue weighted by Crippen LogP contribution is -2.19. The summed E-state index contributed by atoms with van der Waals surface area (Å²) in [5, 5.41) is 11.4. The lowest BCUT2D eigenvalue weighted by molar-refractivity contribution is -0.384. The zero-order valence-electron chi connectivity index (χ0n) is 10.1. The van der Waals surface area contributed by atoms with Gasteiger partial charge >= 0.3 is 0 Å². The van der Waals surface area contributed by atoms with Crippen LogP contribution in [0.2, 0.25) is 0 Å². The van der Waals surface area contributed by atoms with Gasteiger partial charge in [0.2, 0.25) is 0 Å². The molecule has 6 heteroatoms. The average Bonchev–Trinajstić information content (AvgIpc) is 3.06. The molecule has 1 N–H and O–H groups in total. The van der Waals surface area contributed by atoms with Crippen molar-refractivity contribution in [2.75, 3.05) is 6.61 Å². The van der Waals surface area contributed by atoms with Crippen molar-refractivity contribution in [1.29, 1.82) is 0 Å². The van der Waals surface area contributed by atoms with Crippen LogP contribution in [0.4, 0.5) is 5.69 Å². The van der Waals surface area contributed by atoms with Crippen LogP contribution in [0.3, 0.4) is 0 Å². The Morgan fingerprint density at radius 1 is 1.47 bits per heavy atom. The zero-order valence-corrected chi connectivity index (χ0v) is 10.1. The molecular weight excluding hydrogens is 248 g/mol. The summed E-state index contributed by atoms with van der Waals surface area (Å²) < 4.78 is 5.37. The molecule has 1 fully saturated rings. The second-order valence-electron chi connectivity index (χ2n) is 4.56. The van der Waals surface area contributed by atoms with Gasteiger partial charge in [-0.2, -0.15) is 0 Å². The first-order chi connectivity index (χ1) is 9.16. The Kier molecular flexibility index (Phi) is 2.79. The zero-order chi connectivity index (χ0) is 13.4. The van der Waals surface area contributed by atoms with Gasteiger partial charge in [-0.1, -0.05) is 0 Å². The summed E-state index contributed by atoms with van der Waals surface area (Å²) in [6.45, 7) is 0.596. The molecule has 19 heavy (non-hydrogen) atoms. The second-order valence-corrected chi connectivity index (χ2v) is 4.56. The molecule has 98 valence electrons. The number of aromatic nitrogens is 1. The predicted molar refractivity (Wildman–Crippen MR) is 68.3 cm³/mol. The van der Waals surface area contributed by atoms with Crippen molar-refractivity contribution in [3.8, 4) is 0 Å². The number of ketones is 1. The minimum atomic E-state index is -0.466. The maximum Gasteiger partial charge on any atom is 0.270 e. The molecule has 3 rings (SSSR count). The maximum atomic E-state index is 12.3. The number of nitrogens with one attached hydrogen (secondary N) is 1.